The zero-order chi connectivity index (χ0) is 20.9. The summed E-state index contributed by atoms with van der Waals surface area (Å²) < 4.78 is 18.6. The van der Waals surface area contributed by atoms with Gasteiger partial charge in [-0.25, -0.2) is 4.39 Å². The third-order valence-corrected chi connectivity index (χ3v) is 5.95. The Hall–Kier alpha value is -3.11. The van der Waals surface area contributed by atoms with Gasteiger partial charge in [0.15, 0.2) is 0 Å². The van der Waals surface area contributed by atoms with Gasteiger partial charge < -0.3 is 9.73 Å². The average molecular weight is 442 g/mol. The van der Waals surface area contributed by atoms with Crippen LogP contribution in [-0.4, -0.2) is 26.3 Å². The van der Waals surface area contributed by atoms with Crippen LogP contribution in [0.2, 0.25) is 0 Å². The van der Waals surface area contributed by atoms with Crippen LogP contribution in [-0.2, 0) is 12.3 Å². The van der Waals surface area contributed by atoms with E-state index in [4.69, 9.17) is 4.42 Å². The van der Waals surface area contributed by atoms with Gasteiger partial charge in [-0.2, -0.15) is 0 Å². The largest absolute Gasteiger partial charge is 0.411 e. The predicted molar refractivity (Wildman–Crippen MR) is 112 cm³/mol. The number of nitrogens with zero attached hydrogens (tertiary/aromatic N) is 4. The summed E-state index contributed by atoms with van der Waals surface area (Å²) in [5.41, 5.74) is 2.77. The highest BCUT2D eigenvalue weighted by Gasteiger charge is 2.15. The van der Waals surface area contributed by atoms with Crippen molar-refractivity contribution in [1.29, 1.82) is 0 Å². The van der Waals surface area contributed by atoms with E-state index in [2.05, 4.69) is 25.7 Å². The van der Waals surface area contributed by atoms with Gasteiger partial charge in [0.2, 0.25) is 10.9 Å². The zero-order valence-electron chi connectivity index (χ0n) is 15.8. The Morgan fingerprint density at radius 3 is 2.77 bits per heavy atom. The minimum atomic E-state index is -0.326. The second kappa shape index (κ2) is 9.14. The number of aryl methyl sites for hydroxylation is 1. The van der Waals surface area contributed by atoms with E-state index >= 15 is 0 Å². The number of hydrogen-bond acceptors (Lipinski definition) is 8. The SMILES string of the molecule is Cc1cccc(-c2nnc(SCc3nnc(C(=O)NCc4ccc(F)cc4)s3)o2)c1. The molecule has 4 rings (SSSR count). The third-order valence-electron chi connectivity index (χ3n) is 4.02. The van der Waals surface area contributed by atoms with E-state index in [1.54, 1.807) is 12.1 Å². The van der Waals surface area contributed by atoms with Crippen molar-refractivity contribution in [3.05, 3.63) is 75.5 Å². The number of nitrogens with one attached hydrogen (secondary N) is 1. The molecular weight excluding hydrogens is 425 g/mol. The molecule has 0 spiro atoms. The minimum Gasteiger partial charge on any atom is -0.411 e. The van der Waals surface area contributed by atoms with Gasteiger partial charge in [0, 0.05) is 12.1 Å². The molecule has 0 atom stereocenters. The predicted octanol–water partition coefficient (Wildman–Crippen LogP) is 4.26. The maximum atomic E-state index is 12.9. The molecular formula is C20H16FN5O2S2. The van der Waals surface area contributed by atoms with Crippen LogP contribution in [0.15, 0.2) is 58.2 Å². The molecule has 4 aromatic rings. The number of hydrogen-bond donors (Lipinski definition) is 1. The molecule has 7 nitrogen and oxygen atoms in total. The average Bonchev–Trinajstić information content (AvgIpc) is 3.41. The van der Waals surface area contributed by atoms with Crippen molar-refractivity contribution in [3.63, 3.8) is 0 Å². The van der Waals surface area contributed by atoms with Crippen LogP contribution in [0.25, 0.3) is 11.5 Å². The van der Waals surface area contributed by atoms with E-state index < -0.39 is 0 Å². The van der Waals surface area contributed by atoms with Crippen molar-refractivity contribution < 1.29 is 13.6 Å². The van der Waals surface area contributed by atoms with Gasteiger partial charge in [-0.05, 0) is 36.8 Å². The van der Waals surface area contributed by atoms with Crippen molar-refractivity contribution in [2.45, 2.75) is 24.4 Å². The van der Waals surface area contributed by atoms with Crippen molar-refractivity contribution in [2.75, 3.05) is 0 Å². The number of carbonyl (C=O) groups is 1. The zero-order valence-corrected chi connectivity index (χ0v) is 17.5. The highest BCUT2D eigenvalue weighted by molar-refractivity contribution is 7.98. The lowest BCUT2D eigenvalue weighted by molar-refractivity contribution is 0.0950. The lowest BCUT2D eigenvalue weighted by Crippen LogP contribution is -2.22. The van der Waals surface area contributed by atoms with Gasteiger partial charge in [-0.1, -0.05) is 52.9 Å². The molecule has 0 aliphatic heterocycles. The molecule has 10 heteroatoms. The number of aromatic nitrogens is 4. The number of benzene rings is 2. The summed E-state index contributed by atoms with van der Waals surface area (Å²) in [6, 6.07) is 13.8. The molecule has 0 bridgehead atoms. The van der Waals surface area contributed by atoms with Gasteiger partial charge in [-0.15, -0.1) is 20.4 Å². The Labute approximate surface area is 179 Å². The molecule has 0 saturated carbocycles. The quantitative estimate of drug-likeness (QED) is 0.428. The molecule has 1 N–H and O–H groups in total. The van der Waals surface area contributed by atoms with E-state index in [9.17, 15) is 9.18 Å². The van der Waals surface area contributed by atoms with Gasteiger partial charge >= 0.3 is 0 Å². The highest BCUT2D eigenvalue weighted by atomic mass is 32.2. The van der Waals surface area contributed by atoms with Crippen LogP contribution in [0.4, 0.5) is 4.39 Å². The Kier molecular flexibility index (Phi) is 6.15. The first-order chi connectivity index (χ1) is 14.6. The fourth-order valence-electron chi connectivity index (χ4n) is 2.55. The second-order valence-corrected chi connectivity index (χ2v) is 8.33. The Bertz CT molecular complexity index is 1160. The molecule has 2 aromatic carbocycles. The van der Waals surface area contributed by atoms with Gasteiger partial charge in [0.1, 0.15) is 10.8 Å². The Morgan fingerprint density at radius 2 is 1.97 bits per heavy atom. The molecule has 2 heterocycles. The molecule has 30 heavy (non-hydrogen) atoms. The topological polar surface area (TPSA) is 93.8 Å². The summed E-state index contributed by atoms with van der Waals surface area (Å²) >= 11 is 2.53. The van der Waals surface area contributed by atoms with Crippen molar-refractivity contribution >= 4 is 29.0 Å². The number of amides is 1. The summed E-state index contributed by atoms with van der Waals surface area (Å²) in [7, 11) is 0. The Balaban J connectivity index is 1.31. The standard InChI is InChI=1S/C20H16FN5O2S2/c1-12-3-2-4-14(9-12)18-24-26-20(28-18)29-11-16-23-25-19(30-16)17(27)22-10-13-5-7-15(21)8-6-13/h2-9H,10-11H2,1H3,(H,22,27). The van der Waals surface area contributed by atoms with Gasteiger partial charge in [0.05, 0.1) is 5.75 Å². The Morgan fingerprint density at radius 1 is 1.13 bits per heavy atom. The molecule has 0 aliphatic carbocycles. The molecule has 0 unspecified atom stereocenters. The summed E-state index contributed by atoms with van der Waals surface area (Å²) in [6.45, 7) is 2.28. The van der Waals surface area contributed by atoms with E-state index in [0.717, 1.165) is 16.7 Å². The molecule has 152 valence electrons. The van der Waals surface area contributed by atoms with Crippen LogP contribution >= 0.6 is 23.1 Å². The summed E-state index contributed by atoms with van der Waals surface area (Å²) in [6.07, 6.45) is 0. The minimum absolute atomic E-state index is 0.263. The summed E-state index contributed by atoms with van der Waals surface area (Å²) in [4.78, 5) is 12.2. The van der Waals surface area contributed by atoms with Gasteiger partial charge in [-0.3, -0.25) is 4.79 Å². The van der Waals surface area contributed by atoms with Crippen molar-refractivity contribution in [2.24, 2.45) is 0 Å². The summed E-state index contributed by atoms with van der Waals surface area (Å²) in [5, 5.41) is 20.2. The first-order valence-electron chi connectivity index (χ1n) is 8.95. The van der Waals surface area contributed by atoms with Crippen molar-refractivity contribution in [3.8, 4) is 11.5 Å². The maximum Gasteiger partial charge on any atom is 0.282 e. The molecule has 0 fully saturated rings. The molecule has 0 saturated heterocycles. The van der Waals surface area contributed by atoms with Crippen LogP contribution in [0.5, 0.6) is 0 Å². The molecule has 1 amide bonds. The lowest BCUT2D eigenvalue weighted by atomic mass is 10.1. The van der Waals surface area contributed by atoms with Crippen LogP contribution in [0.3, 0.4) is 0 Å². The van der Waals surface area contributed by atoms with Crippen LogP contribution in [0.1, 0.15) is 25.9 Å². The number of rotatable bonds is 7. The van der Waals surface area contributed by atoms with E-state index in [0.29, 0.717) is 21.9 Å². The lowest BCUT2D eigenvalue weighted by Gasteiger charge is -2.02. The van der Waals surface area contributed by atoms with E-state index in [1.165, 1.54) is 35.2 Å². The fourth-order valence-corrected chi connectivity index (χ4v) is 4.06. The smallest absolute Gasteiger partial charge is 0.282 e. The van der Waals surface area contributed by atoms with E-state index in [1.807, 2.05) is 31.2 Å². The fraction of sp³-hybridized carbons (Fsp3) is 0.150. The third kappa shape index (κ3) is 5.08. The van der Waals surface area contributed by atoms with E-state index in [-0.39, 0.29) is 23.3 Å². The molecule has 0 radical (unpaired) electrons. The monoisotopic (exact) mass is 441 g/mol. The number of carbonyl (C=O) groups excluding carboxylic acids is 1. The first kappa shape index (κ1) is 20.2. The number of halogens is 1. The second-order valence-electron chi connectivity index (χ2n) is 6.34. The molecule has 0 aliphatic rings. The highest BCUT2D eigenvalue weighted by Crippen LogP contribution is 2.27. The van der Waals surface area contributed by atoms with Crippen LogP contribution in [0, 0.1) is 12.7 Å². The molecule has 2 aromatic heterocycles. The van der Waals surface area contributed by atoms with Crippen molar-refractivity contribution in [1.82, 2.24) is 25.7 Å². The summed E-state index contributed by atoms with van der Waals surface area (Å²) in [5.74, 6) is 0.272. The normalized spacial score (nSPS) is 10.9. The van der Waals surface area contributed by atoms with Gasteiger partial charge in [0.25, 0.3) is 11.1 Å². The maximum absolute atomic E-state index is 12.9. The first-order valence-corrected chi connectivity index (χ1v) is 10.8. The van der Waals surface area contributed by atoms with Crippen LogP contribution < -0.4 is 5.32 Å². The number of thioether (sulfide) groups is 1.